The second kappa shape index (κ2) is 9.33. The Hall–Kier alpha value is -4.00. The minimum atomic E-state index is -3.90. The summed E-state index contributed by atoms with van der Waals surface area (Å²) < 4.78 is 83.1. The number of hydrogen-bond donors (Lipinski definition) is 3. The van der Waals surface area contributed by atoms with Crippen LogP contribution in [0.1, 0.15) is 23.7 Å². The third-order valence-corrected chi connectivity index (χ3v) is 6.41. The van der Waals surface area contributed by atoms with Gasteiger partial charge in [0.25, 0.3) is 5.91 Å². The summed E-state index contributed by atoms with van der Waals surface area (Å²) in [6.07, 6.45) is 1.42. The van der Waals surface area contributed by atoms with Crippen molar-refractivity contribution < 1.29 is 30.8 Å². The standard InChI is InChI=1S/C22H17F4N5O3S/c1-2-8-35(33,34)31-16-7-6-14(23)17(19(16)26)22(32)28-11-9-13-20(29-30-21(13)27-10-11)12-4-3-5-15(24)18(12)25/h3-7,9-10,31H,2,8H2,1H3,(H,28,32)(H,27,29,30). The highest BCUT2D eigenvalue weighted by molar-refractivity contribution is 7.92. The van der Waals surface area contributed by atoms with E-state index >= 15 is 0 Å². The Labute approximate surface area is 196 Å². The fourth-order valence-electron chi connectivity index (χ4n) is 3.38. The van der Waals surface area contributed by atoms with Crippen LogP contribution in [0.4, 0.5) is 28.9 Å². The number of halogens is 4. The minimum absolute atomic E-state index is 0.00490. The van der Waals surface area contributed by atoms with Crippen LogP contribution in [0.3, 0.4) is 0 Å². The molecule has 0 radical (unpaired) electrons. The van der Waals surface area contributed by atoms with Crippen LogP contribution in [0.25, 0.3) is 22.3 Å². The number of fused-ring (bicyclic) bond motifs is 1. The Balaban J connectivity index is 1.68. The number of benzene rings is 2. The molecule has 0 unspecified atom stereocenters. The highest BCUT2D eigenvalue weighted by atomic mass is 32.2. The number of aromatic amines is 1. The van der Waals surface area contributed by atoms with Gasteiger partial charge in [-0.1, -0.05) is 13.0 Å². The summed E-state index contributed by atoms with van der Waals surface area (Å²) in [5.41, 5.74) is -1.61. The number of hydrogen-bond acceptors (Lipinski definition) is 5. The number of rotatable bonds is 7. The maximum absolute atomic E-state index is 14.9. The van der Waals surface area contributed by atoms with Gasteiger partial charge >= 0.3 is 0 Å². The van der Waals surface area contributed by atoms with Crippen molar-refractivity contribution in [2.24, 2.45) is 0 Å². The van der Waals surface area contributed by atoms with E-state index in [2.05, 4.69) is 20.5 Å². The van der Waals surface area contributed by atoms with Crippen LogP contribution in [0.15, 0.2) is 42.6 Å². The summed E-state index contributed by atoms with van der Waals surface area (Å²) in [4.78, 5) is 16.7. The molecule has 0 atom stereocenters. The molecule has 4 rings (SSSR count). The first-order valence-electron chi connectivity index (χ1n) is 10.2. The zero-order chi connectivity index (χ0) is 25.3. The molecular formula is C22H17F4N5O3S. The molecule has 4 aromatic rings. The van der Waals surface area contributed by atoms with E-state index in [0.717, 1.165) is 24.4 Å². The molecular weight excluding hydrogens is 490 g/mol. The number of anilines is 2. The average Bonchev–Trinajstić information content (AvgIpc) is 3.20. The van der Waals surface area contributed by atoms with Crippen molar-refractivity contribution in [3.05, 3.63) is 71.4 Å². The zero-order valence-corrected chi connectivity index (χ0v) is 18.8. The van der Waals surface area contributed by atoms with Crippen LogP contribution in [0, 0.1) is 23.3 Å². The van der Waals surface area contributed by atoms with Gasteiger partial charge in [-0.3, -0.25) is 14.6 Å². The molecule has 0 fully saturated rings. The monoisotopic (exact) mass is 507 g/mol. The Morgan fingerprint density at radius 2 is 1.83 bits per heavy atom. The topological polar surface area (TPSA) is 117 Å². The van der Waals surface area contributed by atoms with Crippen molar-refractivity contribution in [3.63, 3.8) is 0 Å². The first-order valence-corrected chi connectivity index (χ1v) is 11.8. The quantitative estimate of drug-likeness (QED) is 0.317. The van der Waals surface area contributed by atoms with Crippen molar-refractivity contribution in [2.45, 2.75) is 13.3 Å². The van der Waals surface area contributed by atoms with Crippen molar-refractivity contribution in [3.8, 4) is 11.3 Å². The molecule has 2 aromatic carbocycles. The van der Waals surface area contributed by atoms with Gasteiger partial charge in [0.2, 0.25) is 10.0 Å². The van der Waals surface area contributed by atoms with Crippen LogP contribution in [-0.4, -0.2) is 35.3 Å². The molecule has 0 bridgehead atoms. The molecule has 182 valence electrons. The van der Waals surface area contributed by atoms with Gasteiger partial charge in [-0.05, 0) is 36.8 Å². The third-order valence-electron chi connectivity index (χ3n) is 4.94. The van der Waals surface area contributed by atoms with E-state index in [0.29, 0.717) is 0 Å². The Bertz CT molecular complexity index is 1560. The number of amides is 1. The SMILES string of the molecule is CCCS(=O)(=O)Nc1ccc(F)c(C(=O)Nc2cnc3[nH]nc(-c4cccc(F)c4F)c3c2)c1F. The van der Waals surface area contributed by atoms with E-state index < -0.39 is 50.5 Å². The molecule has 35 heavy (non-hydrogen) atoms. The second-order valence-electron chi connectivity index (χ2n) is 7.45. The molecule has 2 aromatic heterocycles. The number of sulfonamides is 1. The van der Waals surface area contributed by atoms with Crippen molar-refractivity contribution in [1.29, 1.82) is 0 Å². The average molecular weight is 507 g/mol. The Morgan fingerprint density at radius 1 is 1.06 bits per heavy atom. The van der Waals surface area contributed by atoms with Crippen LogP contribution < -0.4 is 10.0 Å². The molecule has 8 nitrogen and oxygen atoms in total. The number of nitrogens with one attached hydrogen (secondary N) is 3. The summed E-state index contributed by atoms with van der Waals surface area (Å²) in [6, 6.07) is 6.47. The molecule has 13 heteroatoms. The van der Waals surface area contributed by atoms with Gasteiger partial charge in [0.05, 0.1) is 23.3 Å². The van der Waals surface area contributed by atoms with E-state index in [9.17, 15) is 30.8 Å². The summed E-state index contributed by atoms with van der Waals surface area (Å²) in [7, 11) is -3.90. The molecule has 0 spiro atoms. The van der Waals surface area contributed by atoms with Crippen LogP contribution in [0.5, 0.6) is 0 Å². The third kappa shape index (κ3) is 4.80. The molecule has 0 aliphatic carbocycles. The minimum Gasteiger partial charge on any atom is -0.320 e. The van der Waals surface area contributed by atoms with Crippen molar-refractivity contribution >= 4 is 38.3 Å². The van der Waals surface area contributed by atoms with Gasteiger partial charge in [-0.25, -0.2) is 31.0 Å². The van der Waals surface area contributed by atoms with Crippen molar-refractivity contribution in [2.75, 3.05) is 15.8 Å². The highest BCUT2D eigenvalue weighted by Crippen LogP contribution is 2.30. The lowest BCUT2D eigenvalue weighted by Gasteiger charge is -2.12. The maximum atomic E-state index is 14.9. The summed E-state index contributed by atoms with van der Waals surface area (Å²) in [6.45, 7) is 1.61. The first kappa shape index (κ1) is 24.1. The predicted molar refractivity (Wildman–Crippen MR) is 121 cm³/mol. The highest BCUT2D eigenvalue weighted by Gasteiger charge is 2.24. The number of H-pyrrole nitrogens is 1. The lowest BCUT2D eigenvalue weighted by Crippen LogP contribution is -2.20. The van der Waals surface area contributed by atoms with E-state index in [1.165, 1.54) is 18.2 Å². The van der Waals surface area contributed by atoms with Crippen molar-refractivity contribution in [1.82, 2.24) is 15.2 Å². The largest absolute Gasteiger partial charge is 0.320 e. The van der Waals surface area contributed by atoms with Gasteiger partial charge in [0.15, 0.2) is 23.1 Å². The fourth-order valence-corrected chi connectivity index (χ4v) is 4.52. The van der Waals surface area contributed by atoms with Crippen LogP contribution in [-0.2, 0) is 10.0 Å². The normalized spacial score (nSPS) is 11.6. The van der Waals surface area contributed by atoms with Gasteiger partial charge in [-0.15, -0.1) is 0 Å². The molecule has 0 aliphatic heterocycles. The summed E-state index contributed by atoms with van der Waals surface area (Å²) in [5, 5.41) is 8.97. The van der Waals surface area contributed by atoms with Gasteiger partial charge in [0, 0.05) is 10.9 Å². The zero-order valence-electron chi connectivity index (χ0n) is 18.0. The van der Waals surface area contributed by atoms with E-state index in [1.54, 1.807) is 6.92 Å². The predicted octanol–water partition coefficient (Wildman–Crippen LogP) is 4.59. The summed E-state index contributed by atoms with van der Waals surface area (Å²) in [5.74, 6) is -6.37. The lowest BCUT2D eigenvalue weighted by molar-refractivity contribution is 0.101. The van der Waals surface area contributed by atoms with Gasteiger partial charge < -0.3 is 5.32 Å². The van der Waals surface area contributed by atoms with E-state index in [1.807, 2.05) is 4.72 Å². The maximum Gasteiger partial charge on any atom is 0.261 e. The summed E-state index contributed by atoms with van der Waals surface area (Å²) >= 11 is 0. The van der Waals surface area contributed by atoms with Gasteiger partial charge in [0.1, 0.15) is 17.1 Å². The Kier molecular flexibility index (Phi) is 6.43. The van der Waals surface area contributed by atoms with E-state index in [-0.39, 0.29) is 40.2 Å². The number of aromatic nitrogens is 3. The molecule has 0 aliphatic rings. The van der Waals surface area contributed by atoms with Crippen LogP contribution in [0.2, 0.25) is 0 Å². The van der Waals surface area contributed by atoms with E-state index in [4.69, 9.17) is 0 Å². The number of pyridine rings is 1. The molecule has 3 N–H and O–H groups in total. The van der Waals surface area contributed by atoms with Crippen LogP contribution >= 0.6 is 0 Å². The lowest BCUT2D eigenvalue weighted by atomic mass is 10.1. The second-order valence-corrected chi connectivity index (χ2v) is 9.29. The smallest absolute Gasteiger partial charge is 0.261 e. The molecule has 2 heterocycles. The number of carbonyl (C=O) groups is 1. The Morgan fingerprint density at radius 3 is 2.57 bits per heavy atom. The number of nitrogens with zero attached hydrogens (tertiary/aromatic N) is 2. The van der Waals surface area contributed by atoms with Gasteiger partial charge in [-0.2, -0.15) is 5.10 Å². The molecule has 0 saturated heterocycles. The number of carbonyl (C=O) groups excluding carboxylic acids is 1. The fraction of sp³-hybridized carbons (Fsp3) is 0.136. The molecule has 0 saturated carbocycles. The first-order chi connectivity index (χ1) is 16.6. The molecule has 1 amide bonds.